The van der Waals surface area contributed by atoms with Gasteiger partial charge in [-0.2, -0.15) is 0 Å². The van der Waals surface area contributed by atoms with Gasteiger partial charge in [0.2, 0.25) is 0 Å². The van der Waals surface area contributed by atoms with Crippen molar-refractivity contribution >= 4 is 11.6 Å². The number of fused-ring (bicyclic) bond motifs is 1. The zero-order valence-corrected chi connectivity index (χ0v) is 12.1. The molecule has 2 aromatic rings. The molecule has 6 nitrogen and oxygen atoms in total. The molecule has 2 aromatic heterocycles. The molecule has 0 aliphatic carbocycles. The molecule has 0 saturated heterocycles. The summed E-state index contributed by atoms with van der Waals surface area (Å²) in [5.41, 5.74) is 1.64. The summed E-state index contributed by atoms with van der Waals surface area (Å²) in [5.74, 6) is 0.487. The predicted octanol–water partition coefficient (Wildman–Crippen LogP) is 0.699. The zero-order valence-electron chi connectivity index (χ0n) is 12.1. The summed E-state index contributed by atoms with van der Waals surface area (Å²) in [6.45, 7) is 3.34. The van der Waals surface area contributed by atoms with E-state index in [2.05, 4.69) is 10.3 Å². The Bertz CT molecular complexity index is 592. The van der Waals surface area contributed by atoms with Gasteiger partial charge in [-0.1, -0.05) is 0 Å². The standard InChI is InChI=1S/C14H20N4O2/c1-11-9-18-7-4-5-12(14(18)16-11)20-10-13(19)15-6-8-17(2)3/h4-5,7,9H,6,8,10H2,1-3H3,(H,15,19). The average molecular weight is 276 g/mol. The lowest BCUT2D eigenvalue weighted by Gasteiger charge is -2.11. The summed E-state index contributed by atoms with van der Waals surface area (Å²) in [6, 6.07) is 3.68. The van der Waals surface area contributed by atoms with E-state index in [1.165, 1.54) is 0 Å². The molecule has 1 N–H and O–H groups in total. The average Bonchev–Trinajstić information content (AvgIpc) is 2.76. The Labute approximate surface area is 118 Å². The fourth-order valence-electron chi connectivity index (χ4n) is 1.84. The second kappa shape index (κ2) is 6.38. The summed E-state index contributed by atoms with van der Waals surface area (Å²) in [7, 11) is 3.92. The highest BCUT2D eigenvalue weighted by Gasteiger charge is 2.07. The lowest BCUT2D eigenvalue weighted by atomic mass is 10.4. The van der Waals surface area contributed by atoms with Gasteiger partial charge in [-0.05, 0) is 33.2 Å². The number of hydrogen-bond acceptors (Lipinski definition) is 4. The Morgan fingerprint density at radius 3 is 3.05 bits per heavy atom. The Balaban J connectivity index is 1.91. The minimum atomic E-state index is -0.128. The largest absolute Gasteiger partial charge is 0.480 e. The maximum absolute atomic E-state index is 11.7. The van der Waals surface area contributed by atoms with Crippen molar-refractivity contribution < 1.29 is 9.53 Å². The summed E-state index contributed by atoms with van der Waals surface area (Å²) < 4.78 is 7.43. The molecule has 0 spiro atoms. The number of carbonyl (C=O) groups is 1. The van der Waals surface area contributed by atoms with E-state index in [-0.39, 0.29) is 12.5 Å². The van der Waals surface area contributed by atoms with Crippen molar-refractivity contribution in [2.45, 2.75) is 6.92 Å². The first-order chi connectivity index (χ1) is 9.56. The molecule has 108 valence electrons. The number of ether oxygens (including phenoxy) is 1. The van der Waals surface area contributed by atoms with Gasteiger partial charge in [-0.15, -0.1) is 0 Å². The second-order valence-electron chi connectivity index (χ2n) is 4.93. The Morgan fingerprint density at radius 1 is 1.50 bits per heavy atom. The van der Waals surface area contributed by atoms with Gasteiger partial charge >= 0.3 is 0 Å². The van der Waals surface area contributed by atoms with E-state index in [0.29, 0.717) is 12.3 Å². The number of pyridine rings is 1. The van der Waals surface area contributed by atoms with Crippen LogP contribution in [0.15, 0.2) is 24.5 Å². The van der Waals surface area contributed by atoms with Gasteiger partial charge < -0.3 is 19.4 Å². The molecule has 0 saturated carbocycles. The maximum Gasteiger partial charge on any atom is 0.257 e. The molecule has 0 fully saturated rings. The SMILES string of the molecule is Cc1cn2cccc(OCC(=O)NCCN(C)C)c2n1. The minimum Gasteiger partial charge on any atom is -0.480 e. The number of nitrogens with zero attached hydrogens (tertiary/aromatic N) is 3. The van der Waals surface area contributed by atoms with E-state index in [1.54, 1.807) is 0 Å². The maximum atomic E-state index is 11.7. The third-order valence-corrected chi connectivity index (χ3v) is 2.81. The first kappa shape index (κ1) is 14.3. The van der Waals surface area contributed by atoms with Crippen molar-refractivity contribution in [3.8, 4) is 5.75 Å². The van der Waals surface area contributed by atoms with Crippen LogP contribution in [0.1, 0.15) is 5.69 Å². The highest BCUT2D eigenvalue weighted by atomic mass is 16.5. The molecule has 6 heteroatoms. The molecule has 0 aliphatic heterocycles. The van der Waals surface area contributed by atoms with E-state index in [0.717, 1.165) is 17.9 Å². The minimum absolute atomic E-state index is 0.000983. The van der Waals surface area contributed by atoms with Crippen LogP contribution in [-0.4, -0.2) is 54.0 Å². The van der Waals surface area contributed by atoms with Crippen LogP contribution in [-0.2, 0) is 4.79 Å². The third-order valence-electron chi connectivity index (χ3n) is 2.81. The van der Waals surface area contributed by atoms with Gasteiger partial charge in [0.1, 0.15) is 0 Å². The van der Waals surface area contributed by atoms with E-state index in [9.17, 15) is 4.79 Å². The number of likely N-dealkylation sites (N-methyl/N-ethyl adjacent to an activating group) is 1. The van der Waals surface area contributed by atoms with Crippen LogP contribution in [0, 0.1) is 6.92 Å². The number of aryl methyl sites for hydroxylation is 1. The van der Waals surface area contributed by atoms with Gasteiger partial charge in [-0.3, -0.25) is 4.79 Å². The fourth-order valence-corrected chi connectivity index (χ4v) is 1.84. The summed E-state index contributed by atoms with van der Waals surface area (Å²) in [4.78, 5) is 18.0. The molecular formula is C14H20N4O2. The molecule has 0 bridgehead atoms. The Hall–Kier alpha value is -2.08. The first-order valence-electron chi connectivity index (χ1n) is 6.55. The Kier molecular flexibility index (Phi) is 4.57. The predicted molar refractivity (Wildman–Crippen MR) is 77.0 cm³/mol. The fraction of sp³-hybridized carbons (Fsp3) is 0.429. The molecule has 0 aromatic carbocycles. The summed E-state index contributed by atoms with van der Waals surface area (Å²) in [6.07, 6.45) is 3.82. The van der Waals surface area contributed by atoms with Gasteiger partial charge in [0.15, 0.2) is 18.0 Å². The number of imidazole rings is 1. The molecule has 2 heterocycles. The monoisotopic (exact) mass is 276 g/mol. The molecule has 20 heavy (non-hydrogen) atoms. The van der Waals surface area contributed by atoms with E-state index < -0.39 is 0 Å². The quantitative estimate of drug-likeness (QED) is 0.844. The highest BCUT2D eigenvalue weighted by Crippen LogP contribution is 2.18. The van der Waals surface area contributed by atoms with Crippen LogP contribution in [0.25, 0.3) is 5.65 Å². The van der Waals surface area contributed by atoms with Gasteiger partial charge in [0.25, 0.3) is 5.91 Å². The number of nitrogens with one attached hydrogen (secondary N) is 1. The van der Waals surface area contributed by atoms with Crippen LogP contribution >= 0.6 is 0 Å². The molecule has 1 amide bonds. The van der Waals surface area contributed by atoms with Crippen molar-refractivity contribution in [2.75, 3.05) is 33.8 Å². The van der Waals surface area contributed by atoms with Crippen molar-refractivity contribution in [3.05, 3.63) is 30.2 Å². The first-order valence-corrected chi connectivity index (χ1v) is 6.55. The Morgan fingerprint density at radius 2 is 2.30 bits per heavy atom. The van der Waals surface area contributed by atoms with Crippen molar-refractivity contribution in [2.24, 2.45) is 0 Å². The smallest absolute Gasteiger partial charge is 0.257 e. The second-order valence-corrected chi connectivity index (χ2v) is 4.93. The summed E-state index contributed by atoms with van der Waals surface area (Å²) >= 11 is 0. The number of aromatic nitrogens is 2. The van der Waals surface area contributed by atoms with Crippen molar-refractivity contribution in [1.82, 2.24) is 19.6 Å². The van der Waals surface area contributed by atoms with Crippen LogP contribution in [0.3, 0.4) is 0 Å². The number of carbonyl (C=O) groups excluding carboxylic acids is 1. The van der Waals surface area contributed by atoms with Crippen molar-refractivity contribution in [1.29, 1.82) is 0 Å². The van der Waals surface area contributed by atoms with Crippen LogP contribution < -0.4 is 10.1 Å². The summed E-state index contributed by atoms with van der Waals surface area (Å²) in [5, 5.41) is 2.80. The topological polar surface area (TPSA) is 58.9 Å². The molecular weight excluding hydrogens is 256 g/mol. The van der Waals surface area contributed by atoms with Gasteiger partial charge in [-0.25, -0.2) is 4.98 Å². The third kappa shape index (κ3) is 3.71. The van der Waals surface area contributed by atoms with Crippen molar-refractivity contribution in [3.63, 3.8) is 0 Å². The van der Waals surface area contributed by atoms with E-state index in [4.69, 9.17) is 4.74 Å². The van der Waals surface area contributed by atoms with E-state index in [1.807, 2.05) is 54.8 Å². The normalized spacial score (nSPS) is 11.0. The van der Waals surface area contributed by atoms with Gasteiger partial charge in [0, 0.05) is 25.5 Å². The van der Waals surface area contributed by atoms with E-state index >= 15 is 0 Å². The molecule has 0 radical (unpaired) electrons. The lowest BCUT2D eigenvalue weighted by molar-refractivity contribution is -0.123. The lowest BCUT2D eigenvalue weighted by Crippen LogP contribution is -2.34. The van der Waals surface area contributed by atoms with Crippen LogP contribution in [0.5, 0.6) is 5.75 Å². The van der Waals surface area contributed by atoms with Gasteiger partial charge in [0.05, 0.1) is 5.69 Å². The number of rotatable bonds is 6. The zero-order chi connectivity index (χ0) is 14.5. The molecule has 0 unspecified atom stereocenters. The number of amides is 1. The molecule has 2 rings (SSSR count). The van der Waals surface area contributed by atoms with Crippen LogP contribution in [0.4, 0.5) is 0 Å². The molecule has 0 aliphatic rings. The number of hydrogen-bond donors (Lipinski definition) is 1. The molecule has 0 atom stereocenters. The highest BCUT2D eigenvalue weighted by molar-refractivity contribution is 5.77. The van der Waals surface area contributed by atoms with Crippen LogP contribution in [0.2, 0.25) is 0 Å².